The van der Waals surface area contributed by atoms with Crippen molar-refractivity contribution in [3.05, 3.63) is 60.9 Å². The molecular weight excluding hydrogens is 348 g/mol. The molecule has 93 valence electrons. The Balaban J connectivity index is 0.000000182. The molecule has 0 unspecified atom stereocenters. The molecule has 2 aromatic carbocycles. The smallest absolute Gasteiger partial charge is 0.278 e. The maximum absolute atomic E-state index is 3.88. The van der Waals surface area contributed by atoms with Gasteiger partial charge in [0.15, 0.2) is 0 Å². The summed E-state index contributed by atoms with van der Waals surface area (Å²) in [7, 11) is 0. The molecule has 0 aliphatic carbocycles. The molecule has 4 aromatic rings. The van der Waals surface area contributed by atoms with Crippen LogP contribution in [0.3, 0.4) is 0 Å². The molecule has 0 spiro atoms. The van der Waals surface area contributed by atoms with Gasteiger partial charge in [-0.2, -0.15) is 10.2 Å². The van der Waals surface area contributed by atoms with E-state index in [0.717, 1.165) is 21.8 Å². The van der Waals surface area contributed by atoms with E-state index in [2.05, 4.69) is 20.4 Å². The standard InChI is InChI=1S/2C7H6N2.Na.Ru/c2*1-2-4-7-6(3-1)5-8-9-7;;/h2*1-5H,(H,8,9);;/q;;+1;+3. The van der Waals surface area contributed by atoms with Crippen LogP contribution in [-0.2, 0) is 19.5 Å². The summed E-state index contributed by atoms with van der Waals surface area (Å²) in [5, 5.41) is 15.8. The minimum Gasteiger partial charge on any atom is -0.278 e. The maximum atomic E-state index is 3.88. The van der Waals surface area contributed by atoms with Crippen LogP contribution in [0.2, 0.25) is 0 Å². The number of nitrogens with one attached hydrogen (secondary N) is 2. The van der Waals surface area contributed by atoms with Gasteiger partial charge in [0, 0.05) is 10.8 Å². The molecule has 2 N–H and O–H groups in total. The second kappa shape index (κ2) is 8.33. The molecule has 0 aliphatic rings. The number of aromatic nitrogens is 4. The van der Waals surface area contributed by atoms with E-state index >= 15 is 0 Å². The van der Waals surface area contributed by atoms with Crippen molar-refractivity contribution in [2.24, 2.45) is 0 Å². The summed E-state index contributed by atoms with van der Waals surface area (Å²) in [6.07, 6.45) is 3.63. The number of aromatic amines is 2. The molecule has 4 nitrogen and oxygen atoms in total. The Bertz CT molecular complexity index is 639. The molecule has 0 saturated heterocycles. The number of hydrogen-bond acceptors (Lipinski definition) is 2. The Morgan fingerprint density at radius 1 is 0.650 bits per heavy atom. The summed E-state index contributed by atoms with van der Waals surface area (Å²) in [5.74, 6) is 0. The van der Waals surface area contributed by atoms with E-state index in [-0.39, 0.29) is 49.0 Å². The second-order valence-corrected chi connectivity index (χ2v) is 3.91. The first kappa shape index (κ1) is 17.1. The molecule has 4 rings (SSSR count). The first-order valence-electron chi connectivity index (χ1n) is 5.70. The van der Waals surface area contributed by atoms with Gasteiger partial charge in [0.05, 0.1) is 23.4 Å². The van der Waals surface area contributed by atoms with Crippen molar-refractivity contribution in [1.29, 1.82) is 0 Å². The number of H-pyrrole nitrogens is 2. The normalized spacial score (nSPS) is 9.20. The zero-order valence-corrected chi connectivity index (χ0v) is 14.8. The zero-order valence-electron chi connectivity index (χ0n) is 11.0. The third-order valence-electron chi connectivity index (χ3n) is 2.70. The number of hydrogen-bond donors (Lipinski definition) is 2. The molecule has 2 aromatic heterocycles. The monoisotopic (exact) mass is 361 g/mol. The minimum atomic E-state index is 0. The van der Waals surface area contributed by atoms with Crippen molar-refractivity contribution in [1.82, 2.24) is 20.4 Å². The molecule has 0 atom stereocenters. The van der Waals surface area contributed by atoms with Gasteiger partial charge in [-0.3, -0.25) is 10.2 Å². The summed E-state index contributed by atoms with van der Waals surface area (Å²) in [5.41, 5.74) is 2.19. The van der Waals surface area contributed by atoms with Gasteiger partial charge in [-0.05, 0) is 12.1 Å². The Labute approximate surface area is 151 Å². The van der Waals surface area contributed by atoms with Crippen molar-refractivity contribution in [3.8, 4) is 0 Å². The van der Waals surface area contributed by atoms with Gasteiger partial charge >= 0.3 is 49.0 Å². The van der Waals surface area contributed by atoms with E-state index in [1.807, 2.05) is 60.9 Å². The molecule has 0 amide bonds. The summed E-state index contributed by atoms with van der Waals surface area (Å²) >= 11 is 0. The molecule has 2 heterocycles. The van der Waals surface area contributed by atoms with Crippen molar-refractivity contribution in [2.45, 2.75) is 0 Å². The van der Waals surface area contributed by atoms with Crippen molar-refractivity contribution in [3.63, 3.8) is 0 Å². The SMILES string of the molecule is [Na+].[Ru+3].c1ccc2[nH]ncc2c1.c1ccc2[nH]ncc2c1. The third-order valence-corrected chi connectivity index (χ3v) is 2.70. The predicted molar refractivity (Wildman–Crippen MR) is 72.2 cm³/mol. The fourth-order valence-corrected chi connectivity index (χ4v) is 1.77. The van der Waals surface area contributed by atoms with Crippen LogP contribution in [0.4, 0.5) is 0 Å². The topological polar surface area (TPSA) is 57.4 Å². The van der Waals surface area contributed by atoms with Crippen molar-refractivity contribution >= 4 is 21.8 Å². The first-order valence-corrected chi connectivity index (χ1v) is 5.70. The molecule has 0 aliphatic heterocycles. The van der Waals surface area contributed by atoms with Crippen LogP contribution in [0.1, 0.15) is 0 Å². The number of fused-ring (bicyclic) bond motifs is 2. The van der Waals surface area contributed by atoms with Crippen LogP contribution >= 0.6 is 0 Å². The molecule has 0 fully saturated rings. The van der Waals surface area contributed by atoms with Gasteiger partial charge in [-0.1, -0.05) is 36.4 Å². The first-order chi connectivity index (χ1) is 8.93. The Morgan fingerprint density at radius 2 is 1.05 bits per heavy atom. The number of para-hydroxylation sites is 2. The summed E-state index contributed by atoms with van der Waals surface area (Å²) in [4.78, 5) is 0. The average Bonchev–Trinajstić information content (AvgIpc) is 3.08. The fraction of sp³-hybridized carbons (Fsp3) is 0. The Morgan fingerprint density at radius 3 is 1.45 bits per heavy atom. The van der Waals surface area contributed by atoms with Crippen LogP contribution in [0.15, 0.2) is 60.9 Å². The quantitative estimate of drug-likeness (QED) is 0.438. The van der Waals surface area contributed by atoms with Crippen LogP contribution in [0.25, 0.3) is 21.8 Å². The van der Waals surface area contributed by atoms with Gasteiger partial charge in [0.2, 0.25) is 0 Å². The number of rotatable bonds is 0. The largest absolute Gasteiger partial charge is 3.00 e. The third kappa shape index (κ3) is 4.00. The van der Waals surface area contributed by atoms with Gasteiger partial charge in [0.25, 0.3) is 0 Å². The van der Waals surface area contributed by atoms with Gasteiger partial charge < -0.3 is 0 Å². The number of benzene rings is 2. The van der Waals surface area contributed by atoms with E-state index in [1.165, 1.54) is 0 Å². The van der Waals surface area contributed by atoms with Gasteiger partial charge in [-0.25, -0.2) is 0 Å². The summed E-state index contributed by atoms with van der Waals surface area (Å²) in [6.45, 7) is 0. The Kier molecular flexibility index (Phi) is 7.10. The fourth-order valence-electron chi connectivity index (χ4n) is 1.77. The van der Waals surface area contributed by atoms with Crippen LogP contribution in [0.5, 0.6) is 0 Å². The van der Waals surface area contributed by atoms with E-state index < -0.39 is 0 Å². The predicted octanol–water partition coefficient (Wildman–Crippen LogP) is 0.127. The van der Waals surface area contributed by atoms with Crippen LogP contribution in [0, 0.1) is 0 Å². The average molecular weight is 360 g/mol. The molecule has 1 radical (unpaired) electrons. The number of nitrogens with zero attached hydrogens (tertiary/aromatic N) is 2. The zero-order chi connectivity index (χ0) is 12.2. The molecule has 0 bridgehead atoms. The maximum Gasteiger partial charge on any atom is 3.00 e. The van der Waals surface area contributed by atoms with Crippen molar-refractivity contribution in [2.75, 3.05) is 0 Å². The Hall–Kier alpha value is -0.997. The van der Waals surface area contributed by atoms with E-state index in [0.29, 0.717) is 0 Å². The van der Waals surface area contributed by atoms with Crippen LogP contribution in [-0.4, -0.2) is 20.4 Å². The molecule has 20 heavy (non-hydrogen) atoms. The van der Waals surface area contributed by atoms with Gasteiger partial charge in [-0.15, -0.1) is 0 Å². The van der Waals surface area contributed by atoms with E-state index in [1.54, 1.807) is 0 Å². The molecular formula is C14H12N4NaRu+4. The summed E-state index contributed by atoms with van der Waals surface area (Å²) < 4.78 is 0. The second-order valence-electron chi connectivity index (χ2n) is 3.91. The van der Waals surface area contributed by atoms with Crippen LogP contribution < -0.4 is 29.6 Å². The summed E-state index contributed by atoms with van der Waals surface area (Å²) in [6, 6.07) is 16.0. The minimum absolute atomic E-state index is 0. The molecule has 6 heteroatoms. The molecule has 0 saturated carbocycles. The van der Waals surface area contributed by atoms with E-state index in [9.17, 15) is 0 Å². The van der Waals surface area contributed by atoms with E-state index in [4.69, 9.17) is 0 Å². The van der Waals surface area contributed by atoms with Crippen molar-refractivity contribution < 1.29 is 49.0 Å². The van der Waals surface area contributed by atoms with Gasteiger partial charge in [0.1, 0.15) is 0 Å².